The van der Waals surface area contributed by atoms with Crippen LogP contribution >= 0.6 is 0 Å². The first-order valence-electron chi connectivity index (χ1n) is 6.80. The van der Waals surface area contributed by atoms with Crippen LogP contribution in [0, 0.1) is 5.82 Å². The van der Waals surface area contributed by atoms with Gasteiger partial charge in [-0.25, -0.2) is 9.07 Å². The first kappa shape index (κ1) is 13.7. The average Bonchev–Trinajstić information content (AvgIpc) is 3.17. The topological polar surface area (TPSA) is 69.0 Å². The van der Waals surface area contributed by atoms with E-state index in [0.29, 0.717) is 12.2 Å². The molecule has 0 saturated carbocycles. The highest BCUT2D eigenvalue weighted by molar-refractivity contribution is 5.91. The maximum atomic E-state index is 12.9. The maximum absolute atomic E-state index is 12.9. The van der Waals surface area contributed by atoms with Gasteiger partial charge in [0.1, 0.15) is 5.82 Å². The van der Waals surface area contributed by atoms with Crippen molar-refractivity contribution in [1.82, 2.24) is 20.3 Å². The number of benzene rings is 1. The van der Waals surface area contributed by atoms with E-state index in [9.17, 15) is 9.18 Å². The van der Waals surface area contributed by atoms with E-state index in [-0.39, 0.29) is 23.5 Å². The second-order valence-corrected chi connectivity index (χ2v) is 4.87. The van der Waals surface area contributed by atoms with Crippen molar-refractivity contribution in [2.75, 3.05) is 13.2 Å². The van der Waals surface area contributed by atoms with Gasteiger partial charge in [-0.05, 0) is 37.1 Å². The van der Waals surface area contributed by atoms with Crippen molar-refractivity contribution >= 4 is 5.91 Å². The number of hydrogen-bond donors (Lipinski definition) is 1. The Labute approximate surface area is 120 Å². The van der Waals surface area contributed by atoms with Gasteiger partial charge in [0.2, 0.25) is 0 Å². The Hall–Kier alpha value is -2.28. The predicted octanol–water partition coefficient (Wildman–Crippen LogP) is 1.32. The Kier molecular flexibility index (Phi) is 3.92. The highest BCUT2D eigenvalue weighted by atomic mass is 19.1. The zero-order valence-electron chi connectivity index (χ0n) is 11.3. The van der Waals surface area contributed by atoms with E-state index in [4.69, 9.17) is 4.74 Å². The Morgan fingerprint density at radius 3 is 2.95 bits per heavy atom. The summed E-state index contributed by atoms with van der Waals surface area (Å²) in [5, 5.41) is 10.5. The molecule has 0 spiro atoms. The summed E-state index contributed by atoms with van der Waals surface area (Å²) in [5.74, 6) is -0.618. The normalized spacial score (nSPS) is 17.9. The number of halogens is 1. The minimum absolute atomic E-state index is 0.0843. The smallest absolute Gasteiger partial charge is 0.273 e. The zero-order chi connectivity index (χ0) is 14.7. The molecular formula is C14H15FN4O2. The summed E-state index contributed by atoms with van der Waals surface area (Å²) < 4.78 is 19.7. The molecule has 3 rings (SSSR count). The van der Waals surface area contributed by atoms with Crippen LogP contribution in [0.5, 0.6) is 0 Å². The van der Waals surface area contributed by atoms with Crippen LogP contribution < -0.4 is 5.32 Å². The highest BCUT2D eigenvalue weighted by Gasteiger charge is 2.18. The number of rotatable bonds is 4. The third kappa shape index (κ3) is 3.25. The molecule has 1 saturated heterocycles. The summed E-state index contributed by atoms with van der Waals surface area (Å²) in [5.41, 5.74) is 0.861. The van der Waals surface area contributed by atoms with Crippen LogP contribution in [0.15, 0.2) is 30.5 Å². The van der Waals surface area contributed by atoms with E-state index < -0.39 is 0 Å². The van der Waals surface area contributed by atoms with Crippen LogP contribution in [-0.4, -0.2) is 40.2 Å². The summed E-state index contributed by atoms with van der Waals surface area (Å²) in [6.45, 7) is 1.23. The molecule has 0 bridgehead atoms. The number of aromatic nitrogens is 3. The van der Waals surface area contributed by atoms with E-state index in [0.717, 1.165) is 19.4 Å². The third-order valence-electron chi connectivity index (χ3n) is 3.33. The molecule has 1 aliphatic rings. The third-order valence-corrected chi connectivity index (χ3v) is 3.33. The molecule has 0 unspecified atom stereocenters. The second kappa shape index (κ2) is 6.01. The monoisotopic (exact) mass is 290 g/mol. The quantitative estimate of drug-likeness (QED) is 0.922. The first-order chi connectivity index (χ1) is 10.2. The molecule has 1 aromatic carbocycles. The highest BCUT2D eigenvalue weighted by Crippen LogP contribution is 2.11. The molecule has 110 valence electrons. The fraction of sp³-hybridized carbons (Fsp3) is 0.357. The number of carbonyl (C=O) groups is 1. The summed E-state index contributed by atoms with van der Waals surface area (Å²) >= 11 is 0. The van der Waals surface area contributed by atoms with Gasteiger partial charge >= 0.3 is 0 Å². The molecule has 2 heterocycles. The standard InChI is InChI=1S/C14H15FN4O2/c15-10-3-5-11(6-4-10)19-9-13(17-18-19)14(20)16-8-12-2-1-7-21-12/h3-6,9,12H,1-2,7-8H2,(H,16,20)/t12-/m1/s1. The fourth-order valence-corrected chi connectivity index (χ4v) is 2.19. The van der Waals surface area contributed by atoms with E-state index in [2.05, 4.69) is 15.6 Å². The molecule has 0 radical (unpaired) electrons. The molecule has 2 aromatic rings. The van der Waals surface area contributed by atoms with Crippen molar-refractivity contribution in [3.8, 4) is 5.69 Å². The van der Waals surface area contributed by atoms with Crippen LogP contribution in [-0.2, 0) is 4.74 Å². The average molecular weight is 290 g/mol. The van der Waals surface area contributed by atoms with Gasteiger partial charge in [0.05, 0.1) is 18.0 Å². The molecule has 7 heteroatoms. The van der Waals surface area contributed by atoms with Crippen LogP contribution in [0.3, 0.4) is 0 Å². The molecular weight excluding hydrogens is 275 g/mol. The SMILES string of the molecule is O=C(NC[C@H]1CCCO1)c1cn(-c2ccc(F)cc2)nn1. The van der Waals surface area contributed by atoms with Gasteiger partial charge < -0.3 is 10.1 Å². The maximum Gasteiger partial charge on any atom is 0.273 e. The summed E-state index contributed by atoms with van der Waals surface area (Å²) in [4.78, 5) is 12.0. The van der Waals surface area contributed by atoms with Crippen molar-refractivity contribution in [3.05, 3.63) is 42.0 Å². The molecule has 1 aliphatic heterocycles. The fourth-order valence-electron chi connectivity index (χ4n) is 2.19. The number of nitrogens with one attached hydrogen (secondary N) is 1. The minimum atomic E-state index is -0.326. The summed E-state index contributed by atoms with van der Waals surface area (Å²) in [6, 6.07) is 5.79. The zero-order valence-corrected chi connectivity index (χ0v) is 11.3. The number of carbonyl (C=O) groups excluding carboxylic acids is 1. The first-order valence-corrected chi connectivity index (χ1v) is 6.80. The van der Waals surface area contributed by atoms with E-state index in [1.807, 2.05) is 0 Å². The Morgan fingerprint density at radius 2 is 2.24 bits per heavy atom. The molecule has 1 aromatic heterocycles. The number of amides is 1. The Bertz CT molecular complexity index is 620. The molecule has 1 N–H and O–H groups in total. The lowest BCUT2D eigenvalue weighted by Crippen LogP contribution is -2.31. The molecule has 1 fully saturated rings. The molecule has 21 heavy (non-hydrogen) atoms. The Morgan fingerprint density at radius 1 is 1.43 bits per heavy atom. The Balaban J connectivity index is 1.63. The van der Waals surface area contributed by atoms with Crippen molar-refractivity contribution in [2.24, 2.45) is 0 Å². The van der Waals surface area contributed by atoms with Gasteiger partial charge in [-0.1, -0.05) is 5.21 Å². The molecule has 1 atom stereocenters. The largest absolute Gasteiger partial charge is 0.376 e. The molecule has 1 amide bonds. The lowest BCUT2D eigenvalue weighted by atomic mass is 10.2. The molecule has 0 aliphatic carbocycles. The van der Waals surface area contributed by atoms with Gasteiger partial charge in [-0.2, -0.15) is 0 Å². The summed E-state index contributed by atoms with van der Waals surface area (Å²) in [6.07, 6.45) is 3.59. The summed E-state index contributed by atoms with van der Waals surface area (Å²) in [7, 11) is 0. The predicted molar refractivity (Wildman–Crippen MR) is 72.6 cm³/mol. The van der Waals surface area contributed by atoms with E-state index in [1.165, 1.54) is 23.0 Å². The van der Waals surface area contributed by atoms with E-state index >= 15 is 0 Å². The lowest BCUT2D eigenvalue weighted by molar-refractivity contribution is 0.0853. The number of nitrogens with zero attached hydrogens (tertiary/aromatic N) is 3. The van der Waals surface area contributed by atoms with Crippen LogP contribution in [0.25, 0.3) is 5.69 Å². The van der Waals surface area contributed by atoms with Gasteiger partial charge in [-0.3, -0.25) is 4.79 Å². The van der Waals surface area contributed by atoms with Gasteiger partial charge in [0.25, 0.3) is 5.91 Å². The van der Waals surface area contributed by atoms with Gasteiger partial charge in [-0.15, -0.1) is 5.10 Å². The van der Waals surface area contributed by atoms with Crippen molar-refractivity contribution in [3.63, 3.8) is 0 Å². The van der Waals surface area contributed by atoms with Crippen LogP contribution in [0.1, 0.15) is 23.3 Å². The van der Waals surface area contributed by atoms with E-state index in [1.54, 1.807) is 12.1 Å². The molecule has 6 nitrogen and oxygen atoms in total. The number of hydrogen-bond acceptors (Lipinski definition) is 4. The van der Waals surface area contributed by atoms with Gasteiger partial charge in [0.15, 0.2) is 5.69 Å². The van der Waals surface area contributed by atoms with Crippen LogP contribution in [0.4, 0.5) is 4.39 Å². The van der Waals surface area contributed by atoms with Crippen molar-refractivity contribution < 1.29 is 13.9 Å². The van der Waals surface area contributed by atoms with Gasteiger partial charge in [0, 0.05) is 13.2 Å². The second-order valence-electron chi connectivity index (χ2n) is 4.87. The van der Waals surface area contributed by atoms with Crippen molar-refractivity contribution in [2.45, 2.75) is 18.9 Å². The lowest BCUT2D eigenvalue weighted by Gasteiger charge is -2.09. The number of ether oxygens (including phenoxy) is 1. The van der Waals surface area contributed by atoms with Crippen LogP contribution in [0.2, 0.25) is 0 Å². The minimum Gasteiger partial charge on any atom is -0.376 e. The van der Waals surface area contributed by atoms with Crippen molar-refractivity contribution in [1.29, 1.82) is 0 Å².